The number of hydrogen-bond acceptors (Lipinski definition) is 3. The van der Waals surface area contributed by atoms with Crippen molar-refractivity contribution in [2.24, 2.45) is 0 Å². The number of Topliss-reactive ketones (excluding diaryl/α,β-unsaturated/α-hetero) is 1. The Morgan fingerprint density at radius 3 is 2.53 bits per heavy atom. The van der Waals surface area contributed by atoms with Crippen molar-refractivity contribution in [3.63, 3.8) is 0 Å². The van der Waals surface area contributed by atoms with Crippen LogP contribution >= 0.6 is 0 Å². The van der Waals surface area contributed by atoms with Crippen LogP contribution < -0.4 is 0 Å². The van der Waals surface area contributed by atoms with Crippen LogP contribution in [-0.2, 0) is 11.2 Å². The lowest BCUT2D eigenvalue weighted by atomic mass is 10.1. The quantitative estimate of drug-likeness (QED) is 0.569. The summed E-state index contributed by atoms with van der Waals surface area (Å²) in [6, 6.07) is 5.34. The highest BCUT2D eigenvalue weighted by Crippen LogP contribution is 2.19. The molecule has 0 radical (unpaired) electrons. The Morgan fingerprint density at radius 1 is 1.40 bits per heavy atom. The second kappa shape index (κ2) is 4.59. The zero-order chi connectivity index (χ0) is 11.4. The Kier molecular flexibility index (Phi) is 3.43. The predicted octanol–water partition coefficient (Wildman–Crippen LogP) is 1.97. The van der Waals surface area contributed by atoms with Crippen molar-refractivity contribution in [2.75, 3.05) is 0 Å². The number of rotatable bonds is 4. The molecule has 0 spiro atoms. The third kappa shape index (κ3) is 2.80. The molecule has 0 saturated carbocycles. The van der Waals surface area contributed by atoms with Crippen LogP contribution in [0, 0.1) is 10.1 Å². The van der Waals surface area contributed by atoms with Gasteiger partial charge >= 0.3 is 0 Å². The number of nitro benzene ring substituents is 1. The summed E-state index contributed by atoms with van der Waals surface area (Å²) >= 11 is 0. The minimum Gasteiger partial charge on any atom is -0.293 e. The van der Waals surface area contributed by atoms with Crippen LogP contribution in [0.3, 0.4) is 0 Å². The molecule has 1 aromatic carbocycles. The average Bonchev–Trinajstić information content (AvgIpc) is 2.18. The van der Waals surface area contributed by atoms with Crippen LogP contribution in [-0.4, -0.2) is 17.1 Å². The van der Waals surface area contributed by atoms with Crippen molar-refractivity contribution in [1.82, 2.24) is 0 Å². The van der Waals surface area contributed by atoms with E-state index in [1.165, 1.54) is 24.3 Å². The molecule has 0 aliphatic rings. The van der Waals surface area contributed by atoms with Crippen molar-refractivity contribution in [3.05, 3.63) is 39.9 Å². The molecule has 0 heterocycles. The number of benzene rings is 1. The minimum absolute atomic E-state index is 0.00722. The molecular formula is C9H7F2NO3. The van der Waals surface area contributed by atoms with Gasteiger partial charge in [-0.25, -0.2) is 8.78 Å². The fourth-order valence-corrected chi connectivity index (χ4v) is 1.10. The first kappa shape index (κ1) is 11.2. The molecular weight excluding hydrogens is 208 g/mol. The lowest BCUT2D eigenvalue weighted by Gasteiger charge is -2.01. The highest BCUT2D eigenvalue weighted by atomic mass is 19.3. The molecule has 0 saturated heterocycles. The molecule has 0 aliphatic carbocycles. The van der Waals surface area contributed by atoms with Crippen molar-refractivity contribution in [2.45, 2.75) is 12.8 Å². The zero-order valence-corrected chi connectivity index (χ0v) is 7.52. The van der Waals surface area contributed by atoms with Gasteiger partial charge in [-0.1, -0.05) is 18.2 Å². The van der Waals surface area contributed by atoms with Gasteiger partial charge < -0.3 is 0 Å². The molecule has 0 N–H and O–H groups in total. The molecule has 0 unspecified atom stereocenters. The number of halogens is 2. The van der Waals surface area contributed by atoms with Gasteiger partial charge in [0.25, 0.3) is 12.1 Å². The van der Waals surface area contributed by atoms with Crippen molar-refractivity contribution in [1.29, 1.82) is 0 Å². The second-order valence-electron chi connectivity index (χ2n) is 2.83. The summed E-state index contributed by atoms with van der Waals surface area (Å²) in [5, 5.41) is 10.5. The first-order valence-corrected chi connectivity index (χ1v) is 4.05. The van der Waals surface area contributed by atoms with Gasteiger partial charge in [0, 0.05) is 18.1 Å². The van der Waals surface area contributed by atoms with Gasteiger partial charge in [0.15, 0.2) is 0 Å². The first-order chi connectivity index (χ1) is 7.02. The number of carbonyl (C=O) groups is 1. The summed E-state index contributed by atoms with van der Waals surface area (Å²) in [7, 11) is 0. The van der Waals surface area contributed by atoms with E-state index in [9.17, 15) is 23.7 Å². The topological polar surface area (TPSA) is 60.2 Å². The number of nitro groups is 1. The first-order valence-electron chi connectivity index (χ1n) is 4.05. The van der Waals surface area contributed by atoms with Gasteiger partial charge in [0.2, 0.25) is 5.78 Å². The molecule has 1 aromatic rings. The SMILES string of the molecule is O=C(Cc1ccccc1[N+](=O)[O-])C(F)F. The monoisotopic (exact) mass is 215 g/mol. The molecule has 15 heavy (non-hydrogen) atoms. The lowest BCUT2D eigenvalue weighted by molar-refractivity contribution is -0.385. The highest BCUT2D eigenvalue weighted by Gasteiger charge is 2.20. The van der Waals surface area contributed by atoms with E-state index in [1.807, 2.05) is 0 Å². The molecule has 0 atom stereocenters. The van der Waals surface area contributed by atoms with Gasteiger partial charge in [0.1, 0.15) is 0 Å². The molecule has 80 valence electrons. The minimum atomic E-state index is -3.09. The maximum atomic E-state index is 11.9. The standard InChI is InChI=1S/C9H7F2NO3/c10-9(11)8(13)5-6-3-1-2-4-7(6)12(14)15/h1-4,9H,5H2. The fourth-order valence-electron chi connectivity index (χ4n) is 1.10. The normalized spacial score (nSPS) is 10.3. The maximum absolute atomic E-state index is 11.9. The summed E-state index contributed by atoms with van der Waals surface area (Å²) in [6.07, 6.45) is -3.71. The number of para-hydroxylation sites is 1. The second-order valence-corrected chi connectivity index (χ2v) is 2.83. The van der Waals surface area contributed by atoms with Gasteiger partial charge in [-0.3, -0.25) is 14.9 Å². The van der Waals surface area contributed by atoms with Gasteiger partial charge in [-0.15, -0.1) is 0 Å². The zero-order valence-electron chi connectivity index (χ0n) is 7.52. The van der Waals surface area contributed by atoms with Crippen LogP contribution in [0.1, 0.15) is 5.56 Å². The van der Waals surface area contributed by atoms with E-state index < -0.39 is 23.6 Å². The molecule has 4 nitrogen and oxygen atoms in total. The average molecular weight is 215 g/mol. The van der Waals surface area contributed by atoms with E-state index in [0.717, 1.165) is 0 Å². The maximum Gasteiger partial charge on any atom is 0.296 e. The number of ketones is 1. The molecule has 6 heteroatoms. The van der Waals surface area contributed by atoms with Crippen LogP contribution in [0.5, 0.6) is 0 Å². The molecule has 0 aliphatic heterocycles. The number of hydrogen-bond donors (Lipinski definition) is 0. The van der Waals surface area contributed by atoms with E-state index in [-0.39, 0.29) is 11.3 Å². The third-order valence-corrected chi connectivity index (χ3v) is 1.80. The molecule has 0 fully saturated rings. The summed E-state index contributed by atoms with van der Waals surface area (Å²) in [5.41, 5.74) is -0.306. The van der Waals surface area contributed by atoms with Crippen LogP contribution in [0.2, 0.25) is 0 Å². The van der Waals surface area contributed by atoms with E-state index >= 15 is 0 Å². The number of alkyl halides is 2. The molecule has 0 amide bonds. The number of carbonyl (C=O) groups excluding carboxylic acids is 1. The lowest BCUT2D eigenvalue weighted by Crippen LogP contribution is -2.13. The van der Waals surface area contributed by atoms with Gasteiger partial charge in [-0.05, 0) is 0 Å². The Morgan fingerprint density at radius 2 is 2.00 bits per heavy atom. The Balaban J connectivity index is 2.94. The Hall–Kier alpha value is -1.85. The molecule has 1 rings (SSSR count). The number of nitrogens with zero attached hydrogens (tertiary/aromatic N) is 1. The van der Waals surface area contributed by atoms with E-state index in [1.54, 1.807) is 0 Å². The largest absolute Gasteiger partial charge is 0.296 e. The summed E-state index contributed by atoms with van der Waals surface area (Å²) < 4.78 is 23.9. The van der Waals surface area contributed by atoms with Crippen LogP contribution in [0.25, 0.3) is 0 Å². The van der Waals surface area contributed by atoms with E-state index in [2.05, 4.69) is 0 Å². The van der Waals surface area contributed by atoms with Gasteiger partial charge in [-0.2, -0.15) is 0 Å². The molecule has 0 aromatic heterocycles. The van der Waals surface area contributed by atoms with Gasteiger partial charge in [0.05, 0.1) is 4.92 Å². The smallest absolute Gasteiger partial charge is 0.293 e. The predicted molar refractivity (Wildman–Crippen MR) is 47.8 cm³/mol. The van der Waals surface area contributed by atoms with Crippen LogP contribution in [0.15, 0.2) is 24.3 Å². The van der Waals surface area contributed by atoms with E-state index in [0.29, 0.717) is 0 Å². The van der Waals surface area contributed by atoms with Crippen molar-refractivity contribution >= 4 is 11.5 Å². The van der Waals surface area contributed by atoms with Crippen molar-refractivity contribution in [3.8, 4) is 0 Å². The van der Waals surface area contributed by atoms with Crippen LogP contribution in [0.4, 0.5) is 14.5 Å². The van der Waals surface area contributed by atoms with Crippen molar-refractivity contribution < 1.29 is 18.5 Å². The Labute approximate surface area is 83.7 Å². The molecule has 0 bridgehead atoms. The van der Waals surface area contributed by atoms with E-state index in [4.69, 9.17) is 0 Å². The summed E-state index contributed by atoms with van der Waals surface area (Å²) in [4.78, 5) is 20.5. The fraction of sp³-hybridized carbons (Fsp3) is 0.222. The summed E-state index contributed by atoms with van der Waals surface area (Å²) in [5.74, 6) is -1.32. The highest BCUT2D eigenvalue weighted by molar-refractivity contribution is 5.84. The third-order valence-electron chi connectivity index (χ3n) is 1.80. The Bertz CT molecular complexity index is 393. The summed E-state index contributed by atoms with van der Waals surface area (Å²) in [6.45, 7) is 0.